The van der Waals surface area contributed by atoms with Crippen molar-refractivity contribution in [2.45, 2.75) is 31.7 Å². The Morgan fingerprint density at radius 2 is 2.33 bits per heavy atom. The Kier molecular flexibility index (Phi) is 4.49. The lowest BCUT2D eigenvalue weighted by molar-refractivity contribution is 0.283. The van der Waals surface area contributed by atoms with E-state index in [9.17, 15) is 0 Å². The number of hydrogen-bond donors (Lipinski definition) is 2. The van der Waals surface area contributed by atoms with E-state index in [1.54, 1.807) is 6.20 Å². The van der Waals surface area contributed by atoms with E-state index in [1.165, 1.54) is 19.3 Å². The molecule has 3 N–H and O–H groups in total. The molecule has 1 saturated carbocycles. The molecule has 0 atom stereocenters. The number of rotatable bonds is 6. The molecule has 5 heteroatoms. The Bertz CT molecular complexity index is 420. The van der Waals surface area contributed by atoms with Crippen molar-refractivity contribution in [3.05, 3.63) is 24.0 Å². The van der Waals surface area contributed by atoms with Crippen LogP contribution in [0.2, 0.25) is 0 Å². The molecule has 0 aliphatic heterocycles. The van der Waals surface area contributed by atoms with E-state index in [2.05, 4.69) is 9.88 Å². The fourth-order valence-corrected chi connectivity index (χ4v) is 2.41. The van der Waals surface area contributed by atoms with Crippen molar-refractivity contribution in [1.82, 2.24) is 4.98 Å². The Labute approximate surface area is 113 Å². The highest BCUT2D eigenvalue weighted by atomic mass is 32.1. The first kappa shape index (κ1) is 13.2. The Balaban J connectivity index is 2.25. The van der Waals surface area contributed by atoms with Crippen molar-refractivity contribution >= 4 is 22.9 Å². The maximum absolute atomic E-state index is 9.02. The molecule has 0 radical (unpaired) electrons. The highest BCUT2D eigenvalue weighted by Crippen LogP contribution is 2.31. The van der Waals surface area contributed by atoms with Crippen LogP contribution in [-0.2, 0) is 0 Å². The van der Waals surface area contributed by atoms with Crippen LogP contribution in [0.25, 0.3) is 0 Å². The molecule has 18 heavy (non-hydrogen) atoms. The summed E-state index contributed by atoms with van der Waals surface area (Å²) in [4.78, 5) is 6.90. The normalized spacial score (nSPS) is 15.2. The summed E-state index contributed by atoms with van der Waals surface area (Å²) in [7, 11) is 0. The van der Waals surface area contributed by atoms with Crippen LogP contribution in [0.15, 0.2) is 18.3 Å². The highest BCUT2D eigenvalue weighted by molar-refractivity contribution is 7.80. The largest absolute Gasteiger partial charge is 0.396 e. The van der Waals surface area contributed by atoms with Gasteiger partial charge in [0.1, 0.15) is 10.7 Å². The second-order valence-electron chi connectivity index (χ2n) is 4.59. The van der Waals surface area contributed by atoms with Gasteiger partial charge in [0.05, 0.1) is 5.69 Å². The summed E-state index contributed by atoms with van der Waals surface area (Å²) < 4.78 is 0. The lowest BCUT2D eigenvalue weighted by atomic mass is 9.90. The minimum absolute atomic E-state index is 0.200. The van der Waals surface area contributed by atoms with Crippen molar-refractivity contribution in [3.63, 3.8) is 0 Å². The number of thiocarbonyl (C=S) groups is 1. The van der Waals surface area contributed by atoms with Crippen molar-refractivity contribution in [3.8, 4) is 0 Å². The summed E-state index contributed by atoms with van der Waals surface area (Å²) in [6, 6.07) is 4.45. The van der Waals surface area contributed by atoms with Crippen LogP contribution in [0.5, 0.6) is 0 Å². The fourth-order valence-electron chi connectivity index (χ4n) is 2.26. The van der Waals surface area contributed by atoms with Crippen LogP contribution in [0.3, 0.4) is 0 Å². The maximum atomic E-state index is 9.02. The Morgan fingerprint density at radius 3 is 2.89 bits per heavy atom. The molecule has 2 rings (SSSR count). The maximum Gasteiger partial charge on any atom is 0.124 e. The summed E-state index contributed by atoms with van der Waals surface area (Å²) >= 11 is 5.06. The molecule has 0 amide bonds. The number of aliphatic hydroxyl groups excluding tert-OH is 1. The molecule has 1 aliphatic rings. The van der Waals surface area contributed by atoms with Gasteiger partial charge in [0.25, 0.3) is 0 Å². The molecule has 0 aromatic carbocycles. The van der Waals surface area contributed by atoms with E-state index in [4.69, 9.17) is 23.1 Å². The first-order valence-corrected chi connectivity index (χ1v) is 6.77. The summed E-state index contributed by atoms with van der Waals surface area (Å²) in [5, 5.41) is 9.02. The highest BCUT2D eigenvalue weighted by Gasteiger charge is 2.26. The predicted molar refractivity (Wildman–Crippen MR) is 76.8 cm³/mol. The second kappa shape index (κ2) is 6.11. The van der Waals surface area contributed by atoms with Gasteiger partial charge in [0, 0.05) is 25.4 Å². The van der Waals surface area contributed by atoms with Gasteiger partial charge >= 0.3 is 0 Å². The Hall–Kier alpha value is -1.20. The van der Waals surface area contributed by atoms with Gasteiger partial charge in [0.15, 0.2) is 0 Å². The van der Waals surface area contributed by atoms with Gasteiger partial charge in [-0.15, -0.1) is 0 Å². The molecular formula is C13H19N3OS. The summed E-state index contributed by atoms with van der Waals surface area (Å²) in [5.41, 5.74) is 7.43. The number of anilines is 1. The molecule has 0 saturated heterocycles. The van der Waals surface area contributed by atoms with Crippen molar-refractivity contribution in [1.29, 1.82) is 0 Å². The molecule has 4 nitrogen and oxygen atoms in total. The molecule has 0 bridgehead atoms. The summed E-state index contributed by atoms with van der Waals surface area (Å²) in [6.45, 7) is 1.02. The monoisotopic (exact) mass is 265 g/mol. The fraction of sp³-hybridized carbons (Fsp3) is 0.538. The predicted octanol–water partition coefficient (Wildman–Crippen LogP) is 1.46. The van der Waals surface area contributed by atoms with Gasteiger partial charge in [-0.1, -0.05) is 12.2 Å². The van der Waals surface area contributed by atoms with Gasteiger partial charge in [-0.2, -0.15) is 0 Å². The molecule has 1 aromatic rings. The van der Waals surface area contributed by atoms with Crippen molar-refractivity contribution < 1.29 is 5.11 Å². The lowest BCUT2D eigenvalue weighted by Gasteiger charge is -2.39. The number of nitrogens with zero attached hydrogens (tertiary/aromatic N) is 2. The van der Waals surface area contributed by atoms with E-state index in [-0.39, 0.29) is 6.61 Å². The molecule has 98 valence electrons. The second-order valence-corrected chi connectivity index (χ2v) is 5.03. The zero-order chi connectivity index (χ0) is 13.0. The molecule has 0 spiro atoms. The van der Waals surface area contributed by atoms with Crippen LogP contribution >= 0.6 is 12.2 Å². The minimum atomic E-state index is 0.200. The third-order valence-electron chi connectivity index (χ3n) is 3.40. The average molecular weight is 265 g/mol. The van der Waals surface area contributed by atoms with Crippen LogP contribution in [0.4, 0.5) is 5.69 Å². The molecule has 1 aromatic heterocycles. The minimum Gasteiger partial charge on any atom is -0.396 e. The quantitative estimate of drug-likeness (QED) is 0.762. The lowest BCUT2D eigenvalue weighted by Crippen LogP contribution is -2.42. The first-order valence-electron chi connectivity index (χ1n) is 6.36. The topological polar surface area (TPSA) is 62.4 Å². The third-order valence-corrected chi connectivity index (χ3v) is 3.60. The van der Waals surface area contributed by atoms with Gasteiger partial charge in [0.2, 0.25) is 0 Å². The number of aliphatic hydroxyl groups is 1. The third kappa shape index (κ3) is 2.79. The van der Waals surface area contributed by atoms with Gasteiger partial charge in [-0.3, -0.25) is 4.98 Å². The van der Waals surface area contributed by atoms with E-state index in [0.717, 1.165) is 18.7 Å². The first-order chi connectivity index (χ1) is 8.74. The zero-order valence-electron chi connectivity index (χ0n) is 10.4. The molecule has 1 heterocycles. The number of nitrogens with two attached hydrogens (primary N) is 1. The number of aromatic nitrogens is 1. The van der Waals surface area contributed by atoms with Gasteiger partial charge in [-0.25, -0.2) is 0 Å². The van der Waals surface area contributed by atoms with Crippen molar-refractivity contribution in [2.75, 3.05) is 18.1 Å². The molecule has 0 unspecified atom stereocenters. The standard InChI is InChI=1S/C13H19N3OS/c14-13(18)12-11(6-2-7-15-12)16(8-3-9-17)10-4-1-5-10/h2,6-7,10,17H,1,3-5,8-9H2,(H2,14,18). The SMILES string of the molecule is NC(=S)c1ncccc1N(CCCO)C1CCC1. The van der Waals surface area contributed by atoms with Gasteiger partial charge in [-0.05, 0) is 37.8 Å². The average Bonchev–Trinajstić information content (AvgIpc) is 2.32. The van der Waals surface area contributed by atoms with Crippen LogP contribution in [-0.4, -0.2) is 34.3 Å². The zero-order valence-corrected chi connectivity index (χ0v) is 11.2. The van der Waals surface area contributed by atoms with Gasteiger partial charge < -0.3 is 15.7 Å². The number of hydrogen-bond acceptors (Lipinski definition) is 4. The Morgan fingerprint density at radius 1 is 1.56 bits per heavy atom. The molecule has 1 fully saturated rings. The van der Waals surface area contributed by atoms with E-state index < -0.39 is 0 Å². The number of pyridine rings is 1. The van der Waals surface area contributed by atoms with Crippen LogP contribution in [0, 0.1) is 0 Å². The summed E-state index contributed by atoms with van der Waals surface area (Å²) in [6.07, 6.45) is 6.11. The molecule has 1 aliphatic carbocycles. The van der Waals surface area contributed by atoms with Crippen molar-refractivity contribution in [2.24, 2.45) is 5.73 Å². The van der Waals surface area contributed by atoms with Crippen LogP contribution < -0.4 is 10.6 Å². The molecular weight excluding hydrogens is 246 g/mol. The van der Waals surface area contributed by atoms with E-state index in [1.807, 2.05) is 12.1 Å². The summed E-state index contributed by atoms with van der Waals surface area (Å²) in [5.74, 6) is 0. The van der Waals surface area contributed by atoms with E-state index in [0.29, 0.717) is 16.7 Å². The smallest absolute Gasteiger partial charge is 0.124 e. The van der Waals surface area contributed by atoms with Crippen LogP contribution in [0.1, 0.15) is 31.4 Å². The van der Waals surface area contributed by atoms with E-state index >= 15 is 0 Å².